The summed E-state index contributed by atoms with van der Waals surface area (Å²) in [5.41, 5.74) is 0.188. The summed E-state index contributed by atoms with van der Waals surface area (Å²) in [4.78, 5) is 11.2. The van der Waals surface area contributed by atoms with Crippen LogP contribution in [-0.4, -0.2) is 26.7 Å². The van der Waals surface area contributed by atoms with Crippen LogP contribution in [0.25, 0.3) is 6.08 Å². The lowest BCUT2D eigenvalue weighted by Crippen LogP contribution is -2.16. The molecule has 0 aliphatic rings. The zero-order valence-electron chi connectivity index (χ0n) is 13.5. The molecule has 0 spiro atoms. The van der Waals surface area contributed by atoms with Gasteiger partial charge < -0.3 is 10.1 Å². The van der Waals surface area contributed by atoms with E-state index in [9.17, 15) is 30.8 Å². The Labute approximate surface area is 152 Å². The van der Waals surface area contributed by atoms with Crippen molar-refractivity contribution < 1.29 is 35.5 Å². The number of nitrogens with one attached hydrogen (secondary N) is 1. The molecule has 0 saturated heterocycles. The van der Waals surface area contributed by atoms with Gasteiger partial charge in [0.05, 0.1) is 10.6 Å². The van der Waals surface area contributed by atoms with E-state index in [1.165, 1.54) is 48.5 Å². The first-order valence-corrected chi connectivity index (χ1v) is 8.90. The van der Waals surface area contributed by atoms with Crippen LogP contribution in [0.4, 0.5) is 23.2 Å². The molecule has 1 amide bonds. The number of ether oxygens (including phenoxy) is 1. The quantitative estimate of drug-likeness (QED) is 0.562. The number of anilines is 1. The van der Waals surface area contributed by atoms with Gasteiger partial charge in [0.1, 0.15) is 5.75 Å². The number of amides is 1. The van der Waals surface area contributed by atoms with Crippen molar-refractivity contribution >= 4 is 27.5 Å². The van der Waals surface area contributed by atoms with Crippen molar-refractivity contribution in [3.8, 4) is 5.75 Å². The Kier molecular flexibility index (Phi) is 6.56. The van der Waals surface area contributed by atoms with Gasteiger partial charge in [-0.3, -0.25) is 4.79 Å². The van der Waals surface area contributed by atoms with E-state index < -0.39 is 33.0 Å². The van der Waals surface area contributed by atoms with E-state index in [0.29, 0.717) is 5.56 Å². The Hall–Kier alpha value is -2.88. The molecular weight excluding hydrogens is 390 g/mol. The largest absolute Gasteiger partial charge is 0.435 e. The van der Waals surface area contributed by atoms with Gasteiger partial charge >= 0.3 is 12.4 Å². The first kappa shape index (κ1) is 20.4. The highest BCUT2D eigenvalue weighted by atomic mass is 32.2. The van der Waals surface area contributed by atoms with Crippen LogP contribution in [0.2, 0.25) is 0 Å². The molecule has 10 heteroatoms. The van der Waals surface area contributed by atoms with Gasteiger partial charge in [0.2, 0.25) is 15.7 Å². The van der Waals surface area contributed by atoms with Crippen molar-refractivity contribution in [2.24, 2.45) is 0 Å². The van der Waals surface area contributed by atoms with Crippen LogP contribution in [-0.2, 0) is 14.6 Å². The van der Waals surface area contributed by atoms with Crippen LogP contribution in [0.1, 0.15) is 5.56 Å². The molecule has 0 fully saturated rings. The molecule has 27 heavy (non-hydrogen) atoms. The van der Waals surface area contributed by atoms with Gasteiger partial charge in [0, 0.05) is 6.08 Å². The van der Waals surface area contributed by atoms with Crippen LogP contribution in [0.5, 0.6) is 5.75 Å². The predicted molar refractivity (Wildman–Crippen MR) is 90.4 cm³/mol. The van der Waals surface area contributed by atoms with Crippen molar-refractivity contribution in [2.45, 2.75) is 17.3 Å². The minimum Gasteiger partial charge on any atom is -0.435 e. The summed E-state index contributed by atoms with van der Waals surface area (Å²) >= 11 is 0. The number of rotatable bonds is 7. The van der Waals surface area contributed by atoms with Gasteiger partial charge in [-0.25, -0.2) is 8.42 Å². The Bertz CT molecular complexity index is 928. The summed E-state index contributed by atoms with van der Waals surface area (Å²) in [5, 5.41) is 2.22. The van der Waals surface area contributed by atoms with E-state index in [1.54, 1.807) is 0 Å². The third-order valence-electron chi connectivity index (χ3n) is 3.22. The number of alkyl halides is 4. The summed E-state index contributed by atoms with van der Waals surface area (Å²) in [6.45, 7) is -2.96. The van der Waals surface area contributed by atoms with E-state index in [2.05, 4.69) is 10.1 Å². The van der Waals surface area contributed by atoms with Crippen molar-refractivity contribution in [2.75, 3.05) is 5.32 Å². The lowest BCUT2D eigenvalue weighted by atomic mass is 10.2. The molecule has 0 aromatic heterocycles. The zero-order valence-corrected chi connectivity index (χ0v) is 14.3. The maximum Gasteiger partial charge on any atom is 0.387 e. The minimum atomic E-state index is -4.88. The zero-order chi connectivity index (χ0) is 20.0. The monoisotopic (exact) mass is 403 g/mol. The highest BCUT2D eigenvalue weighted by Crippen LogP contribution is 2.26. The van der Waals surface area contributed by atoms with Crippen molar-refractivity contribution in [1.29, 1.82) is 0 Å². The number of carbonyl (C=O) groups excluding carboxylic acids is 1. The number of carbonyl (C=O) groups is 1. The Morgan fingerprint density at radius 2 is 1.63 bits per heavy atom. The first-order chi connectivity index (χ1) is 12.7. The molecule has 0 aliphatic heterocycles. The molecule has 0 heterocycles. The Balaban J connectivity index is 2.11. The van der Waals surface area contributed by atoms with E-state index in [0.717, 1.165) is 12.1 Å². The molecule has 0 bridgehead atoms. The van der Waals surface area contributed by atoms with Gasteiger partial charge in [-0.05, 0) is 35.9 Å². The lowest BCUT2D eigenvalue weighted by molar-refractivity contribution is -0.111. The van der Waals surface area contributed by atoms with Gasteiger partial charge in [0.15, 0.2) is 0 Å². The fourth-order valence-electron chi connectivity index (χ4n) is 2.02. The standard InChI is InChI=1S/C17H13F4NO4S/c18-16(19)26-12-8-5-11(6-9-12)7-10-15(23)22-13-3-1-2-4-14(13)27(24,25)17(20)21/h1-10,16-17H,(H,22,23)/b10-7+. The number of benzene rings is 2. The van der Waals surface area contributed by atoms with Crippen molar-refractivity contribution in [3.05, 3.63) is 60.2 Å². The topological polar surface area (TPSA) is 72.5 Å². The second kappa shape index (κ2) is 8.67. The summed E-state index contributed by atoms with van der Waals surface area (Å²) < 4.78 is 77.0. The van der Waals surface area contributed by atoms with Gasteiger partial charge in [-0.1, -0.05) is 24.3 Å². The second-order valence-corrected chi connectivity index (χ2v) is 6.96. The van der Waals surface area contributed by atoms with Gasteiger partial charge in [-0.2, -0.15) is 17.6 Å². The summed E-state index contributed by atoms with van der Waals surface area (Å²) in [7, 11) is -4.88. The molecule has 0 atom stereocenters. The molecule has 2 aromatic rings. The molecule has 2 aromatic carbocycles. The Morgan fingerprint density at radius 1 is 1.00 bits per heavy atom. The van der Waals surface area contributed by atoms with Crippen molar-refractivity contribution in [1.82, 2.24) is 0 Å². The van der Waals surface area contributed by atoms with Crippen LogP contribution in [0.15, 0.2) is 59.5 Å². The van der Waals surface area contributed by atoms with Crippen LogP contribution in [0.3, 0.4) is 0 Å². The SMILES string of the molecule is O=C(/C=C/c1ccc(OC(F)F)cc1)Nc1ccccc1S(=O)(=O)C(F)F. The third-order valence-corrected chi connectivity index (χ3v) is 4.66. The normalized spacial score (nSPS) is 11.9. The van der Waals surface area contributed by atoms with E-state index >= 15 is 0 Å². The number of para-hydroxylation sites is 1. The van der Waals surface area contributed by atoms with Crippen LogP contribution >= 0.6 is 0 Å². The fraction of sp³-hybridized carbons (Fsp3) is 0.118. The van der Waals surface area contributed by atoms with E-state index in [1.807, 2.05) is 0 Å². The maximum absolute atomic E-state index is 12.7. The average Bonchev–Trinajstić information content (AvgIpc) is 2.61. The molecule has 144 valence electrons. The fourth-order valence-corrected chi connectivity index (χ4v) is 2.91. The minimum absolute atomic E-state index is 0.0577. The average molecular weight is 403 g/mol. The molecule has 0 radical (unpaired) electrons. The molecule has 0 unspecified atom stereocenters. The second-order valence-electron chi connectivity index (χ2n) is 5.07. The number of sulfone groups is 1. The Morgan fingerprint density at radius 3 is 2.22 bits per heavy atom. The van der Waals surface area contributed by atoms with E-state index in [-0.39, 0.29) is 11.4 Å². The lowest BCUT2D eigenvalue weighted by Gasteiger charge is -2.10. The number of hydrogen-bond acceptors (Lipinski definition) is 4. The van der Waals surface area contributed by atoms with Crippen LogP contribution < -0.4 is 10.1 Å². The smallest absolute Gasteiger partial charge is 0.387 e. The van der Waals surface area contributed by atoms with Crippen LogP contribution in [0, 0.1) is 0 Å². The summed E-state index contributed by atoms with van der Waals surface area (Å²) in [5.74, 6) is -4.45. The molecular formula is C17H13F4NO4S. The highest BCUT2D eigenvalue weighted by Gasteiger charge is 2.29. The highest BCUT2D eigenvalue weighted by molar-refractivity contribution is 7.91. The number of halogens is 4. The predicted octanol–water partition coefficient (Wildman–Crippen LogP) is 3.94. The third kappa shape index (κ3) is 5.55. The molecule has 0 aliphatic carbocycles. The van der Waals surface area contributed by atoms with Gasteiger partial charge in [0.25, 0.3) is 0 Å². The molecule has 5 nitrogen and oxygen atoms in total. The molecule has 2 rings (SSSR count). The molecule has 0 saturated carbocycles. The van der Waals surface area contributed by atoms with Gasteiger partial charge in [-0.15, -0.1) is 0 Å². The summed E-state index contributed by atoms with van der Waals surface area (Å²) in [6.07, 6.45) is 2.36. The van der Waals surface area contributed by atoms with E-state index in [4.69, 9.17) is 0 Å². The molecule has 1 N–H and O–H groups in total. The maximum atomic E-state index is 12.7. The van der Waals surface area contributed by atoms with Crippen molar-refractivity contribution in [3.63, 3.8) is 0 Å². The number of hydrogen-bond donors (Lipinski definition) is 1. The first-order valence-electron chi connectivity index (χ1n) is 7.35. The summed E-state index contributed by atoms with van der Waals surface area (Å²) in [6, 6.07) is 10.1.